The van der Waals surface area contributed by atoms with E-state index in [1.165, 1.54) is 25.9 Å². The third kappa shape index (κ3) is 4.18. The Morgan fingerprint density at radius 2 is 2.16 bits per heavy atom. The van der Waals surface area contributed by atoms with Crippen LogP contribution in [0.1, 0.15) is 39.5 Å². The molecule has 110 valence electrons. The van der Waals surface area contributed by atoms with E-state index < -0.39 is 0 Å². The molecule has 1 atom stereocenters. The van der Waals surface area contributed by atoms with Gasteiger partial charge in [-0.2, -0.15) is 0 Å². The molecule has 19 heavy (non-hydrogen) atoms. The zero-order chi connectivity index (χ0) is 13.7. The second-order valence-electron chi connectivity index (χ2n) is 6.62. The van der Waals surface area contributed by atoms with E-state index in [0.717, 1.165) is 44.9 Å². The SMILES string of the molecule is CC1CCN(CCCNC(=O)C2(C)CCNC2)CC1. The number of hydrogen-bond acceptors (Lipinski definition) is 3. The number of likely N-dealkylation sites (tertiary alicyclic amines) is 1. The third-order valence-corrected chi connectivity index (χ3v) is 4.73. The fraction of sp³-hybridized carbons (Fsp3) is 0.933. The van der Waals surface area contributed by atoms with Gasteiger partial charge in [0, 0.05) is 13.1 Å². The molecule has 2 aliphatic rings. The van der Waals surface area contributed by atoms with E-state index in [9.17, 15) is 4.79 Å². The quantitative estimate of drug-likeness (QED) is 0.736. The second-order valence-corrected chi connectivity index (χ2v) is 6.62. The molecule has 0 aromatic rings. The predicted octanol–water partition coefficient (Wildman–Crippen LogP) is 1.22. The van der Waals surface area contributed by atoms with Crippen molar-refractivity contribution >= 4 is 5.91 Å². The van der Waals surface area contributed by atoms with Crippen molar-refractivity contribution in [2.75, 3.05) is 39.3 Å². The van der Waals surface area contributed by atoms with Crippen LogP contribution in [0.2, 0.25) is 0 Å². The molecule has 2 heterocycles. The first-order valence-electron chi connectivity index (χ1n) is 7.81. The fourth-order valence-electron chi connectivity index (χ4n) is 3.01. The summed E-state index contributed by atoms with van der Waals surface area (Å²) in [6.45, 7) is 10.6. The Bertz CT molecular complexity index is 292. The van der Waals surface area contributed by atoms with E-state index in [4.69, 9.17) is 0 Å². The van der Waals surface area contributed by atoms with Crippen molar-refractivity contribution in [1.82, 2.24) is 15.5 Å². The normalized spacial score (nSPS) is 29.6. The van der Waals surface area contributed by atoms with Gasteiger partial charge in [0.2, 0.25) is 5.91 Å². The summed E-state index contributed by atoms with van der Waals surface area (Å²) in [5.41, 5.74) is -0.180. The van der Waals surface area contributed by atoms with Crippen LogP contribution in [0.15, 0.2) is 0 Å². The molecular formula is C15H29N3O. The molecule has 4 nitrogen and oxygen atoms in total. The largest absolute Gasteiger partial charge is 0.356 e. The highest BCUT2D eigenvalue weighted by atomic mass is 16.2. The fourth-order valence-corrected chi connectivity index (χ4v) is 3.01. The Labute approximate surface area is 117 Å². The number of carbonyl (C=O) groups is 1. The van der Waals surface area contributed by atoms with Crippen molar-refractivity contribution in [3.63, 3.8) is 0 Å². The minimum absolute atomic E-state index is 0.180. The lowest BCUT2D eigenvalue weighted by Gasteiger charge is -2.30. The van der Waals surface area contributed by atoms with E-state index in [1.54, 1.807) is 0 Å². The van der Waals surface area contributed by atoms with E-state index in [2.05, 4.69) is 29.4 Å². The monoisotopic (exact) mass is 267 g/mol. The van der Waals surface area contributed by atoms with E-state index in [0.29, 0.717) is 0 Å². The molecule has 0 saturated carbocycles. The molecule has 0 aromatic heterocycles. The zero-order valence-electron chi connectivity index (χ0n) is 12.5. The molecule has 2 rings (SSSR count). The summed E-state index contributed by atoms with van der Waals surface area (Å²) in [5, 5.41) is 6.38. The van der Waals surface area contributed by atoms with Crippen LogP contribution in [0.5, 0.6) is 0 Å². The molecule has 0 radical (unpaired) electrons. The highest BCUT2D eigenvalue weighted by Crippen LogP contribution is 2.24. The zero-order valence-corrected chi connectivity index (χ0v) is 12.5. The van der Waals surface area contributed by atoms with Crippen molar-refractivity contribution in [3.8, 4) is 0 Å². The molecule has 2 aliphatic heterocycles. The summed E-state index contributed by atoms with van der Waals surface area (Å²) in [5.74, 6) is 1.12. The van der Waals surface area contributed by atoms with Crippen LogP contribution < -0.4 is 10.6 Å². The van der Waals surface area contributed by atoms with Crippen LogP contribution in [0, 0.1) is 11.3 Å². The molecule has 0 aromatic carbocycles. The maximum Gasteiger partial charge on any atom is 0.227 e. The highest BCUT2D eigenvalue weighted by molar-refractivity contribution is 5.82. The summed E-state index contributed by atoms with van der Waals surface area (Å²) < 4.78 is 0. The molecule has 0 aliphatic carbocycles. The van der Waals surface area contributed by atoms with Crippen LogP contribution in [0.3, 0.4) is 0 Å². The first-order valence-corrected chi connectivity index (χ1v) is 7.81. The maximum absolute atomic E-state index is 12.1. The maximum atomic E-state index is 12.1. The van der Waals surface area contributed by atoms with Crippen LogP contribution in [-0.2, 0) is 4.79 Å². The van der Waals surface area contributed by atoms with Crippen LogP contribution in [0.25, 0.3) is 0 Å². The summed E-state index contributed by atoms with van der Waals surface area (Å²) in [6.07, 6.45) is 4.69. The van der Waals surface area contributed by atoms with Gasteiger partial charge < -0.3 is 15.5 Å². The van der Waals surface area contributed by atoms with Crippen molar-refractivity contribution in [1.29, 1.82) is 0 Å². The lowest BCUT2D eigenvalue weighted by atomic mass is 9.89. The van der Waals surface area contributed by atoms with Gasteiger partial charge in [0.25, 0.3) is 0 Å². The molecule has 0 spiro atoms. The molecule has 1 amide bonds. The first kappa shape index (κ1) is 14.8. The van der Waals surface area contributed by atoms with Gasteiger partial charge in [-0.1, -0.05) is 6.92 Å². The Hall–Kier alpha value is -0.610. The van der Waals surface area contributed by atoms with Gasteiger partial charge in [-0.25, -0.2) is 0 Å². The van der Waals surface area contributed by atoms with Gasteiger partial charge >= 0.3 is 0 Å². The Morgan fingerprint density at radius 1 is 1.42 bits per heavy atom. The number of nitrogens with one attached hydrogen (secondary N) is 2. The summed E-state index contributed by atoms with van der Waals surface area (Å²) in [4.78, 5) is 14.6. The molecule has 2 saturated heterocycles. The van der Waals surface area contributed by atoms with Crippen molar-refractivity contribution < 1.29 is 4.79 Å². The van der Waals surface area contributed by atoms with Gasteiger partial charge in [0.1, 0.15) is 0 Å². The van der Waals surface area contributed by atoms with Crippen molar-refractivity contribution in [2.45, 2.75) is 39.5 Å². The number of rotatable bonds is 5. The number of amides is 1. The Morgan fingerprint density at radius 3 is 2.79 bits per heavy atom. The summed E-state index contributed by atoms with van der Waals surface area (Å²) >= 11 is 0. The van der Waals surface area contributed by atoms with Crippen LogP contribution in [0.4, 0.5) is 0 Å². The molecule has 4 heteroatoms. The number of hydrogen-bond donors (Lipinski definition) is 2. The molecular weight excluding hydrogens is 238 g/mol. The van der Waals surface area contributed by atoms with Crippen LogP contribution in [-0.4, -0.2) is 50.1 Å². The molecule has 1 unspecified atom stereocenters. The lowest BCUT2D eigenvalue weighted by molar-refractivity contribution is -0.129. The van der Waals surface area contributed by atoms with Gasteiger partial charge in [0.15, 0.2) is 0 Å². The minimum atomic E-state index is -0.180. The van der Waals surface area contributed by atoms with Crippen LogP contribution >= 0.6 is 0 Å². The Kier molecular flexibility index (Phi) is 5.22. The topological polar surface area (TPSA) is 44.4 Å². The molecule has 2 N–H and O–H groups in total. The van der Waals surface area contributed by atoms with Gasteiger partial charge in [0.05, 0.1) is 5.41 Å². The number of nitrogens with zero attached hydrogens (tertiary/aromatic N) is 1. The number of piperidine rings is 1. The van der Waals surface area contributed by atoms with E-state index in [-0.39, 0.29) is 11.3 Å². The molecule has 2 fully saturated rings. The summed E-state index contributed by atoms with van der Waals surface area (Å²) in [7, 11) is 0. The average Bonchev–Trinajstić information content (AvgIpc) is 2.85. The minimum Gasteiger partial charge on any atom is -0.356 e. The van der Waals surface area contributed by atoms with E-state index in [1.807, 2.05) is 0 Å². The van der Waals surface area contributed by atoms with Crippen molar-refractivity contribution in [3.05, 3.63) is 0 Å². The van der Waals surface area contributed by atoms with E-state index >= 15 is 0 Å². The Balaban J connectivity index is 1.58. The second kappa shape index (κ2) is 6.71. The lowest BCUT2D eigenvalue weighted by Crippen LogP contribution is -2.41. The van der Waals surface area contributed by atoms with Crippen molar-refractivity contribution in [2.24, 2.45) is 11.3 Å². The average molecular weight is 267 g/mol. The smallest absolute Gasteiger partial charge is 0.227 e. The standard InChI is InChI=1S/C15H29N3O/c1-13-4-10-18(11-5-13)9-3-7-17-14(19)15(2)6-8-16-12-15/h13,16H,3-12H2,1-2H3,(H,17,19). The van der Waals surface area contributed by atoms with Gasteiger partial charge in [-0.05, 0) is 64.7 Å². The number of carbonyl (C=O) groups excluding carboxylic acids is 1. The summed E-state index contributed by atoms with van der Waals surface area (Å²) in [6, 6.07) is 0. The predicted molar refractivity (Wildman–Crippen MR) is 78.1 cm³/mol. The molecule has 0 bridgehead atoms. The highest BCUT2D eigenvalue weighted by Gasteiger charge is 2.35. The third-order valence-electron chi connectivity index (χ3n) is 4.73. The first-order chi connectivity index (χ1) is 9.10. The van der Waals surface area contributed by atoms with Gasteiger partial charge in [-0.3, -0.25) is 4.79 Å². The van der Waals surface area contributed by atoms with Gasteiger partial charge in [-0.15, -0.1) is 0 Å².